The second kappa shape index (κ2) is 8.84. The van der Waals surface area contributed by atoms with Crippen LogP contribution < -0.4 is 26.8 Å². The van der Waals surface area contributed by atoms with Crippen LogP contribution in [0.3, 0.4) is 0 Å². The maximum atomic E-state index is 12.8. The maximum absolute atomic E-state index is 12.8. The lowest BCUT2D eigenvalue weighted by molar-refractivity contribution is -0.137. The van der Waals surface area contributed by atoms with Gasteiger partial charge in [0.2, 0.25) is 0 Å². The molecule has 5 amide bonds. The number of anilines is 2. The zero-order valence-corrected chi connectivity index (χ0v) is 14.2. The molecule has 0 spiro atoms. The lowest BCUT2D eigenvalue weighted by Gasteiger charge is -2.14. The summed E-state index contributed by atoms with van der Waals surface area (Å²) >= 11 is 1.17. The van der Waals surface area contributed by atoms with Crippen LogP contribution in [-0.4, -0.2) is 29.5 Å². The van der Waals surface area contributed by atoms with Crippen molar-refractivity contribution in [2.75, 3.05) is 17.2 Å². The first-order chi connectivity index (χ1) is 12.8. The molecule has 27 heavy (non-hydrogen) atoms. The summed E-state index contributed by atoms with van der Waals surface area (Å²) in [6.45, 7) is -0.489. The summed E-state index contributed by atoms with van der Waals surface area (Å²) in [5, 5.41) is 8.52. The molecule has 0 saturated heterocycles. The Labute approximate surface area is 154 Å². The third-order valence-corrected chi connectivity index (χ3v) is 3.55. The van der Waals surface area contributed by atoms with Crippen molar-refractivity contribution in [3.05, 3.63) is 41.4 Å². The molecule has 0 saturated carbocycles. The van der Waals surface area contributed by atoms with Gasteiger partial charge in [0.15, 0.2) is 5.13 Å². The van der Waals surface area contributed by atoms with Crippen LogP contribution in [-0.2, 0) is 11.0 Å². The van der Waals surface area contributed by atoms with E-state index in [1.54, 1.807) is 5.38 Å². The van der Waals surface area contributed by atoms with Gasteiger partial charge in [-0.15, -0.1) is 11.3 Å². The summed E-state index contributed by atoms with van der Waals surface area (Å²) in [6, 6.07) is 2.58. The van der Waals surface area contributed by atoms with E-state index in [2.05, 4.69) is 15.6 Å². The Morgan fingerprint density at radius 1 is 1.04 bits per heavy atom. The number of carbonyl (C=O) groups is 3. The van der Waals surface area contributed by atoms with Crippen molar-refractivity contribution in [3.8, 4) is 0 Å². The number of hydrogen-bond acceptors (Lipinski definition) is 5. The lowest BCUT2D eigenvalue weighted by atomic mass is 10.1. The maximum Gasteiger partial charge on any atom is 0.418 e. The van der Waals surface area contributed by atoms with E-state index in [0.29, 0.717) is 5.13 Å². The van der Waals surface area contributed by atoms with Crippen LogP contribution in [0.4, 0.5) is 33.6 Å². The highest BCUT2D eigenvalue weighted by molar-refractivity contribution is 7.13. The van der Waals surface area contributed by atoms with Crippen LogP contribution in [0.2, 0.25) is 0 Å². The molecule has 1 heterocycles. The average Bonchev–Trinajstić information content (AvgIpc) is 3.10. The van der Waals surface area contributed by atoms with Gasteiger partial charge < -0.3 is 10.6 Å². The van der Waals surface area contributed by atoms with Crippen LogP contribution in [0.5, 0.6) is 0 Å². The molecule has 0 atom stereocenters. The zero-order valence-electron chi connectivity index (χ0n) is 13.4. The molecular weight excluding hydrogens is 389 g/mol. The molecule has 0 aliphatic carbocycles. The second-order valence-electron chi connectivity index (χ2n) is 4.82. The smallest absolute Gasteiger partial charge is 0.329 e. The molecule has 2 aromatic rings. The van der Waals surface area contributed by atoms with E-state index in [9.17, 15) is 27.6 Å². The summed E-state index contributed by atoms with van der Waals surface area (Å²) in [6.07, 6.45) is -3.17. The number of carbonyl (C=O) groups excluding carboxylic acids is 3. The fourth-order valence-corrected chi connectivity index (χ4v) is 2.27. The van der Waals surface area contributed by atoms with E-state index >= 15 is 0 Å². The molecular formula is C14H13F3N6O3S. The molecule has 0 bridgehead atoms. The molecule has 0 aliphatic heterocycles. The van der Waals surface area contributed by atoms with Gasteiger partial charge in [0.25, 0.3) is 5.91 Å². The topological polar surface area (TPSA) is 124 Å². The number of amides is 5. The number of benzene rings is 1. The van der Waals surface area contributed by atoms with Gasteiger partial charge in [-0.25, -0.2) is 20.0 Å². The fraction of sp³-hybridized carbons (Fsp3) is 0.143. The Hall–Kier alpha value is -3.35. The third kappa shape index (κ3) is 6.47. The van der Waals surface area contributed by atoms with E-state index < -0.39 is 41.9 Å². The van der Waals surface area contributed by atoms with Crippen molar-refractivity contribution in [2.45, 2.75) is 6.18 Å². The van der Waals surface area contributed by atoms with Gasteiger partial charge in [-0.3, -0.25) is 15.5 Å². The van der Waals surface area contributed by atoms with Crippen molar-refractivity contribution < 1.29 is 27.6 Å². The van der Waals surface area contributed by atoms with Crippen molar-refractivity contribution in [1.82, 2.24) is 21.2 Å². The first kappa shape index (κ1) is 20.0. The second-order valence-corrected chi connectivity index (χ2v) is 5.71. The Morgan fingerprint density at radius 2 is 1.78 bits per heavy atom. The minimum absolute atomic E-state index is 0.328. The summed E-state index contributed by atoms with van der Waals surface area (Å²) < 4.78 is 38.5. The Balaban J connectivity index is 1.75. The number of halogens is 3. The van der Waals surface area contributed by atoms with Crippen molar-refractivity contribution >= 4 is 40.1 Å². The van der Waals surface area contributed by atoms with E-state index in [1.165, 1.54) is 29.7 Å². The number of nitrogens with zero attached hydrogens (tertiary/aromatic N) is 1. The molecule has 1 aromatic heterocycles. The Bertz CT molecular complexity index is 813. The van der Waals surface area contributed by atoms with E-state index in [0.717, 1.165) is 12.1 Å². The summed E-state index contributed by atoms with van der Waals surface area (Å²) in [5.74, 6) is -0.802. The standard InChI is InChI=1S/C14H13F3N6O3S/c15-14(16,17)8-3-1-2-4-9(8)20-12(26)23-22-10(24)7-19-11(25)21-13-18-5-6-27-13/h1-6H,7H2,(H,22,24)(H2,20,23,26)(H2,18,19,21,25). The summed E-state index contributed by atoms with van der Waals surface area (Å²) in [5.41, 5.74) is 2.31. The number of hydrazine groups is 1. The molecule has 5 N–H and O–H groups in total. The van der Waals surface area contributed by atoms with Crippen molar-refractivity contribution in [1.29, 1.82) is 0 Å². The first-order valence-electron chi connectivity index (χ1n) is 7.22. The number of hydrogen-bond donors (Lipinski definition) is 5. The highest BCUT2D eigenvalue weighted by Gasteiger charge is 2.33. The molecule has 2 rings (SSSR count). The van der Waals surface area contributed by atoms with Crippen LogP contribution in [0.15, 0.2) is 35.8 Å². The normalized spacial score (nSPS) is 10.6. The summed E-state index contributed by atoms with van der Waals surface area (Å²) in [7, 11) is 0. The lowest BCUT2D eigenvalue weighted by Crippen LogP contribution is -2.48. The van der Waals surface area contributed by atoms with Crippen LogP contribution in [0.1, 0.15) is 5.56 Å². The van der Waals surface area contributed by atoms with Gasteiger partial charge >= 0.3 is 18.2 Å². The van der Waals surface area contributed by atoms with Crippen LogP contribution in [0, 0.1) is 0 Å². The number of alkyl halides is 3. The van der Waals surface area contributed by atoms with Crippen molar-refractivity contribution in [2.24, 2.45) is 0 Å². The third-order valence-electron chi connectivity index (χ3n) is 2.86. The highest BCUT2D eigenvalue weighted by atomic mass is 32.1. The fourth-order valence-electron chi connectivity index (χ4n) is 1.75. The molecule has 1 aromatic carbocycles. The first-order valence-corrected chi connectivity index (χ1v) is 8.10. The largest absolute Gasteiger partial charge is 0.418 e. The van der Waals surface area contributed by atoms with Crippen LogP contribution in [0.25, 0.3) is 0 Å². The zero-order chi connectivity index (χ0) is 19.9. The number of thiazole rings is 1. The minimum Gasteiger partial charge on any atom is -0.329 e. The molecule has 0 aliphatic rings. The SMILES string of the molecule is O=C(CNC(=O)Nc1nccs1)NNC(=O)Nc1ccccc1C(F)(F)F. The van der Waals surface area contributed by atoms with Gasteiger partial charge in [-0.2, -0.15) is 13.2 Å². The summed E-state index contributed by atoms with van der Waals surface area (Å²) in [4.78, 5) is 38.5. The van der Waals surface area contributed by atoms with Gasteiger partial charge in [0.05, 0.1) is 11.3 Å². The van der Waals surface area contributed by atoms with E-state index in [4.69, 9.17) is 0 Å². The van der Waals surface area contributed by atoms with Gasteiger partial charge in [-0.1, -0.05) is 12.1 Å². The van der Waals surface area contributed by atoms with Gasteiger partial charge in [-0.05, 0) is 12.1 Å². The molecule has 144 valence electrons. The Morgan fingerprint density at radius 3 is 2.44 bits per heavy atom. The number of urea groups is 2. The average molecular weight is 402 g/mol. The molecule has 9 nitrogen and oxygen atoms in total. The molecule has 0 unspecified atom stereocenters. The van der Waals surface area contributed by atoms with Gasteiger partial charge in [0.1, 0.15) is 6.54 Å². The minimum atomic E-state index is -4.65. The number of para-hydroxylation sites is 1. The van der Waals surface area contributed by atoms with Crippen molar-refractivity contribution in [3.63, 3.8) is 0 Å². The molecule has 0 fully saturated rings. The predicted molar refractivity (Wildman–Crippen MR) is 90.9 cm³/mol. The monoisotopic (exact) mass is 402 g/mol. The van der Waals surface area contributed by atoms with Gasteiger partial charge in [0, 0.05) is 11.6 Å². The van der Waals surface area contributed by atoms with E-state index in [1.807, 2.05) is 16.2 Å². The number of aromatic nitrogens is 1. The quantitative estimate of drug-likeness (QED) is 0.503. The van der Waals surface area contributed by atoms with Crippen LogP contribution >= 0.6 is 11.3 Å². The molecule has 13 heteroatoms. The Kier molecular flexibility index (Phi) is 6.54. The van der Waals surface area contributed by atoms with E-state index in [-0.39, 0.29) is 0 Å². The number of nitrogens with one attached hydrogen (secondary N) is 5. The molecule has 0 radical (unpaired) electrons. The predicted octanol–water partition coefficient (Wildman–Crippen LogP) is 2.14. The number of rotatable bonds is 4. The highest BCUT2D eigenvalue weighted by Crippen LogP contribution is 2.34.